The predicted octanol–water partition coefficient (Wildman–Crippen LogP) is 2.60. The van der Waals surface area contributed by atoms with Crippen LogP contribution < -0.4 is 10.0 Å². The molecule has 6 heteroatoms. The van der Waals surface area contributed by atoms with Gasteiger partial charge in [-0.05, 0) is 51.5 Å². The molecule has 0 saturated heterocycles. The van der Waals surface area contributed by atoms with Gasteiger partial charge in [0.2, 0.25) is 10.0 Å². The Hall–Kier alpha value is -1.11. The fourth-order valence-electron chi connectivity index (χ4n) is 1.83. The van der Waals surface area contributed by atoms with E-state index in [2.05, 4.69) is 10.0 Å². The van der Waals surface area contributed by atoms with Gasteiger partial charge in [0.05, 0.1) is 10.5 Å². The topological polar surface area (TPSA) is 67.4 Å². The highest BCUT2D eigenvalue weighted by Gasteiger charge is 2.17. The van der Waals surface area contributed by atoms with Crippen molar-refractivity contribution < 1.29 is 13.2 Å². The van der Waals surface area contributed by atoms with Gasteiger partial charge in [-0.2, -0.15) is 0 Å². The molecule has 120 valence electrons. The summed E-state index contributed by atoms with van der Waals surface area (Å²) in [6.07, 6.45) is 0.769. The molecule has 5 nitrogen and oxygen atoms in total. The van der Waals surface area contributed by atoms with E-state index in [9.17, 15) is 8.42 Å². The van der Waals surface area contributed by atoms with Gasteiger partial charge in [0.1, 0.15) is 0 Å². The lowest BCUT2D eigenvalue weighted by molar-refractivity contribution is 0.000696. The zero-order valence-electron chi connectivity index (χ0n) is 13.3. The molecule has 0 saturated carbocycles. The number of hydrogen-bond donors (Lipinski definition) is 2. The molecule has 0 bridgehead atoms. The first kappa shape index (κ1) is 17.9. The Morgan fingerprint density at radius 1 is 1.14 bits per heavy atom. The fraction of sp³-hybridized carbons (Fsp3) is 0.600. The van der Waals surface area contributed by atoms with E-state index in [-0.39, 0.29) is 10.5 Å². The van der Waals surface area contributed by atoms with Crippen molar-refractivity contribution in [1.29, 1.82) is 0 Å². The summed E-state index contributed by atoms with van der Waals surface area (Å²) < 4.78 is 32.1. The van der Waals surface area contributed by atoms with E-state index in [1.54, 1.807) is 24.3 Å². The minimum atomic E-state index is -3.39. The minimum Gasteiger partial charge on any atom is -0.382 e. The van der Waals surface area contributed by atoms with Crippen LogP contribution >= 0.6 is 0 Å². The molecule has 0 aliphatic heterocycles. The third-order valence-electron chi connectivity index (χ3n) is 2.96. The van der Waals surface area contributed by atoms with Crippen molar-refractivity contribution in [1.82, 2.24) is 4.72 Å². The van der Waals surface area contributed by atoms with Crippen LogP contribution in [0.3, 0.4) is 0 Å². The molecule has 1 aromatic rings. The molecule has 0 radical (unpaired) electrons. The maximum absolute atomic E-state index is 12.0. The van der Waals surface area contributed by atoms with E-state index in [1.165, 1.54) is 0 Å². The maximum atomic E-state index is 12.0. The molecule has 0 aliphatic carbocycles. The van der Waals surface area contributed by atoms with Crippen LogP contribution in [0.1, 0.15) is 34.1 Å². The Bertz CT molecular complexity index is 524. The van der Waals surface area contributed by atoms with E-state index < -0.39 is 10.0 Å². The van der Waals surface area contributed by atoms with Crippen LogP contribution in [0.15, 0.2) is 29.2 Å². The molecule has 1 aromatic carbocycles. The lowest BCUT2D eigenvalue weighted by Crippen LogP contribution is -2.33. The minimum absolute atomic E-state index is 0.262. The number of ether oxygens (including phenoxy) is 1. The van der Waals surface area contributed by atoms with Crippen LogP contribution in [0.5, 0.6) is 0 Å². The molecule has 0 fully saturated rings. The second kappa shape index (κ2) is 7.77. The number of sulfonamides is 1. The quantitative estimate of drug-likeness (QED) is 0.735. The smallest absolute Gasteiger partial charge is 0.240 e. The summed E-state index contributed by atoms with van der Waals surface area (Å²) >= 11 is 0. The molecule has 2 N–H and O–H groups in total. The Balaban J connectivity index is 2.66. The Kier molecular flexibility index (Phi) is 6.64. The van der Waals surface area contributed by atoms with Gasteiger partial charge < -0.3 is 10.1 Å². The monoisotopic (exact) mass is 314 g/mol. The highest BCUT2D eigenvalue weighted by molar-refractivity contribution is 7.89. The lowest BCUT2D eigenvalue weighted by Gasteiger charge is -2.25. The van der Waals surface area contributed by atoms with Crippen LogP contribution in [0, 0.1) is 0 Å². The summed E-state index contributed by atoms with van der Waals surface area (Å²) in [5, 5.41) is 3.25. The molecule has 0 unspecified atom stereocenters. The number of hydrogen-bond acceptors (Lipinski definition) is 4. The molecule has 0 aromatic heterocycles. The van der Waals surface area contributed by atoms with Crippen LogP contribution in [-0.2, 0) is 14.8 Å². The molecule has 21 heavy (non-hydrogen) atoms. The Morgan fingerprint density at radius 2 is 1.76 bits per heavy atom. The summed E-state index contributed by atoms with van der Waals surface area (Å²) in [7, 11) is -3.39. The summed E-state index contributed by atoms with van der Waals surface area (Å²) in [4.78, 5) is 0.283. The van der Waals surface area contributed by atoms with Crippen LogP contribution in [-0.4, -0.2) is 33.7 Å². The number of rotatable bonds is 9. The second-order valence-electron chi connectivity index (χ2n) is 5.47. The van der Waals surface area contributed by atoms with Gasteiger partial charge in [0.25, 0.3) is 0 Å². The van der Waals surface area contributed by atoms with Gasteiger partial charge in [-0.25, -0.2) is 13.1 Å². The van der Waals surface area contributed by atoms with Crippen molar-refractivity contribution in [2.45, 2.75) is 44.6 Å². The highest BCUT2D eigenvalue weighted by Crippen LogP contribution is 2.16. The Morgan fingerprint density at radius 3 is 2.29 bits per heavy atom. The first-order valence-electron chi connectivity index (χ1n) is 7.28. The zero-order chi connectivity index (χ0) is 15.9. The summed E-state index contributed by atoms with van der Waals surface area (Å²) in [5.41, 5.74) is 0.611. The van der Waals surface area contributed by atoms with Gasteiger partial charge in [-0.15, -0.1) is 0 Å². The average Bonchev–Trinajstić information content (AvgIpc) is 2.43. The predicted molar refractivity (Wildman–Crippen MR) is 86.1 cm³/mol. The molecule has 0 amide bonds. The first-order chi connectivity index (χ1) is 9.80. The van der Waals surface area contributed by atoms with Crippen molar-refractivity contribution in [3.63, 3.8) is 0 Å². The van der Waals surface area contributed by atoms with Crippen molar-refractivity contribution in [2.75, 3.05) is 25.0 Å². The summed E-state index contributed by atoms with van der Waals surface area (Å²) in [6, 6.07) is 6.74. The second-order valence-corrected chi connectivity index (χ2v) is 7.24. The van der Waals surface area contributed by atoms with Crippen molar-refractivity contribution in [3.05, 3.63) is 24.3 Å². The van der Waals surface area contributed by atoms with Crippen molar-refractivity contribution >= 4 is 15.7 Å². The fourth-order valence-corrected chi connectivity index (χ4v) is 2.96. The number of nitrogens with one attached hydrogen (secondary N) is 2. The van der Waals surface area contributed by atoms with Gasteiger partial charge in [0.15, 0.2) is 0 Å². The summed E-state index contributed by atoms with van der Waals surface area (Å²) in [5.74, 6) is 0. The number of benzene rings is 1. The van der Waals surface area contributed by atoms with Gasteiger partial charge in [-0.3, -0.25) is 0 Å². The van der Waals surface area contributed by atoms with E-state index >= 15 is 0 Å². The van der Waals surface area contributed by atoms with Crippen LogP contribution in [0.4, 0.5) is 5.69 Å². The lowest BCUT2D eigenvalue weighted by atomic mass is 10.1. The SMILES string of the molecule is CCCNS(=O)(=O)c1ccc(NCC(C)(C)OCC)cc1. The molecule has 0 aliphatic rings. The third-order valence-corrected chi connectivity index (χ3v) is 4.44. The van der Waals surface area contributed by atoms with Gasteiger partial charge in [-0.1, -0.05) is 6.92 Å². The molecular weight excluding hydrogens is 288 g/mol. The van der Waals surface area contributed by atoms with Crippen LogP contribution in [0.25, 0.3) is 0 Å². The largest absolute Gasteiger partial charge is 0.382 e. The van der Waals surface area contributed by atoms with Crippen molar-refractivity contribution in [2.24, 2.45) is 0 Å². The molecule has 0 spiro atoms. The van der Waals surface area contributed by atoms with Gasteiger partial charge in [0, 0.05) is 25.4 Å². The molecule has 0 heterocycles. The maximum Gasteiger partial charge on any atom is 0.240 e. The van der Waals surface area contributed by atoms with Crippen molar-refractivity contribution in [3.8, 4) is 0 Å². The average molecular weight is 314 g/mol. The van der Waals surface area contributed by atoms with E-state index in [1.807, 2.05) is 27.7 Å². The van der Waals surface area contributed by atoms with E-state index in [4.69, 9.17) is 4.74 Å². The number of anilines is 1. The van der Waals surface area contributed by atoms with E-state index in [0.29, 0.717) is 19.7 Å². The standard InChI is InChI=1S/C15H26N2O3S/c1-5-11-17-21(18,19)14-9-7-13(8-10-14)16-12-15(3,4)20-6-2/h7-10,16-17H,5-6,11-12H2,1-4H3. The molecule has 0 atom stereocenters. The third kappa shape index (κ3) is 6.03. The molecular formula is C15H26N2O3S. The normalized spacial score (nSPS) is 12.4. The van der Waals surface area contributed by atoms with E-state index in [0.717, 1.165) is 12.1 Å². The highest BCUT2D eigenvalue weighted by atomic mass is 32.2. The zero-order valence-corrected chi connectivity index (χ0v) is 14.1. The van der Waals surface area contributed by atoms with Crippen LogP contribution in [0.2, 0.25) is 0 Å². The van der Waals surface area contributed by atoms with Gasteiger partial charge >= 0.3 is 0 Å². The first-order valence-corrected chi connectivity index (χ1v) is 8.76. The summed E-state index contributed by atoms with van der Waals surface area (Å²) in [6.45, 7) is 9.68. The Labute approximate surface area is 128 Å². The molecule has 1 rings (SSSR count).